The van der Waals surface area contributed by atoms with Gasteiger partial charge in [0.2, 0.25) is 11.8 Å². The fourth-order valence-electron chi connectivity index (χ4n) is 2.81. The number of amides is 2. The molecule has 0 radical (unpaired) electrons. The van der Waals surface area contributed by atoms with Gasteiger partial charge in [0.25, 0.3) is 0 Å². The Morgan fingerprint density at radius 2 is 2.13 bits per heavy atom. The molecule has 1 aromatic rings. The summed E-state index contributed by atoms with van der Waals surface area (Å²) < 4.78 is 1.26. The third-order valence-electron chi connectivity index (χ3n) is 3.86. The van der Waals surface area contributed by atoms with E-state index in [-0.39, 0.29) is 23.3 Å². The van der Waals surface area contributed by atoms with Crippen molar-refractivity contribution < 1.29 is 9.59 Å². The molecule has 1 aromatic heterocycles. The first-order chi connectivity index (χ1) is 10.8. The third-order valence-corrected chi connectivity index (χ3v) is 5.81. The Morgan fingerprint density at radius 1 is 1.39 bits per heavy atom. The monoisotopic (exact) mass is 448 g/mol. The predicted octanol–water partition coefficient (Wildman–Crippen LogP) is 3.44. The first kappa shape index (κ1) is 18.7. The zero-order valence-electron chi connectivity index (χ0n) is 14.0. The van der Waals surface area contributed by atoms with E-state index in [1.165, 1.54) is 7.76 Å². The zero-order valence-corrected chi connectivity index (χ0v) is 17.0. The van der Waals surface area contributed by atoms with Crippen LogP contribution in [0, 0.1) is 8.30 Å². The Hall–Kier alpha value is -0.630. The minimum Gasteiger partial charge on any atom is -0.354 e. The average molecular weight is 448 g/mol. The average Bonchev–Trinajstić information content (AvgIpc) is 3.05. The summed E-state index contributed by atoms with van der Waals surface area (Å²) in [4.78, 5) is 27.9. The fourth-order valence-corrected chi connectivity index (χ4v) is 4.56. The Bertz CT molecular complexity index is 565. The maximum absolute atomic E-state index is 12.4. The quantitative estimate of drug-likeness (QED) is 0.702. The second-order valence-corrected chi connectivity index (χ2v) is 10.3. The zero-order chi connectivity index (χ0) is 17.0. The van der Waals surface area contributed by atoms with Crippen LogP contribution in [0.1, 0.15) is 44.9 Å². The number of nitrogens with zero attached hydrogens (tertiary/aromatic N) is 1. The van der Waals surface area contributed by atoms with Crippen molar-refractivity contribution >= 4 is 45.7 Å². The topological polar surface area (TPSA) is 49.4 Å². The normalized spacial score (nSPS) is 18.3. The molecule has 0 aliphatic carbocycles. The molecule has 128 valence electrons. The number of likely N-dealkylation sites (tertiary alicyclic amines) is 1. The molecule has 0 bridgehead atoms. The van der Waals surface area contributed by atoms with Gasteiger partial charge in [0.15, 0.2) is 0 Å². The van der Waals surface area contributed by atoms with Crippen LogP contribution in [0.2, 0.25) is 0 Å². The lowest BCUT2D eigenvalue weighted by molar-refractivity contribution is -0.139. The molecule has 1 saturated heterocycles. The van der Waals surface area contributed by atoms with E-state index in [0.717, 1.165) is 19.3 Å². The molecular formula is C17H25IN2O2S. The fraction of sp³-hybridized carbons (Fsp3) is 0.647. The maximum Gasteiger partial charge on any atom is 0.242 e. The molecule has 2 rings (SSSR count). The van der Waals surface area contributed by atoms with Gasteiger partial charge in [-0.3, -0.25) is 9.59 Å². The third kappa shape index (κ3) is 5.74. The van der Waals surface area contributed by atoms with Gasteiger partial charge in [0.05, 0.1) is 2.88 Å². The molecule has 1 N–H and O–H groups in total. The highest BCUT2D eigenvalue weighted by atomic mass is 127. The van der Waals surface area contributed by atoms with Crippen LogP contribution in [0.3, 0.4) is 0 Å². The largest absolute Gasteiger partial charge is 0.354 e. The second kappa shape index (κ2) is 7.96. The number of thiophene rings is 1. The van der Waals surface area contributed by atoms with Crippen molar-refractivity contribution in [3.05, 3.63) is 19.9 Å². The highest BCUT2D eigenvalue weighted by molar-refractivity contribution is 14.1. The van der Waals surface area contributed by atoms with Crippen molar-refractivity contribution in [1.29, 1.82) is 0 Å². The first-order valence-electron chi connectivity index (χ1n) is 8.08. The number of hydrogen-bond donors (Lipinski definition) is 1. The summed E-state index contributed by atoms with van der Waals surface area (Å²) in [7, 11) is 0. The van der Waals surface area contributed by atoms with Crippen LogP contribution in [0.15, 0.2) is 12.1 Å². The summed E-state index contributed by atoms with van der Waals surface area (Å²) in [5.41, 5.74) is -0.0446. The molecule has 2 heterocycles. The molecule has 1 fully saturated rings. The Morgan fingerprint density at radius 3 is 2.74 bits per heavy atom. The minimum absolute atomic E-state index is 0.00369. The van der Waals surface area contributed by atoms with Crippen LogP contribution in [0.4, 0.5) is 0 Å². The van der Waals surface area contributed by atoms with Crippen molar-refractivity contribution in [3.8, 4) is 0 Å². The van der Waals surface area contributed by atoms with Crippen LogP contribution >= 0.6 is 33.9 Å². The summed E-state index contributed by atoms with van der Waals surface area (Å²) in [6.07, 6.45) is 3.03. The maximum atomic E-state index is 12.4. The van der Waals surface area contributed by atoms with Gasteiger partial charge in [-0.2, -0.15) is 0 Å². The van der Waals surface area contributed by atoms with E-state index < -0.39 is 0 Å². The molecule has 4 nitrogen and oxygen atoms in total. The lowest BCUT2D eigenvalue weighted by atomic mass is 9.91. The van der Waals surface area contributed by atoms with Gasteiger partial charge in [0, 0.05) is 24.4 Å². The molecule has 2 amide bonds. The summed E-state index contributed by atoms with van der Waals surface area (Å²) in [6.45, 7) is 7.50. The van der Waals surface area contributed by atoms with E-state index in [4.69, 9.17) is 0 Å². The molecule has 0 saturated carbocycles. The minimum atomic E-state index is -0.284. The molecule has 1 unspecified atom stereocenters. The summed E-state index contributed by atoms with van der Waals surface area (Å²) in [6, 6.07) is 3.91. The number of rotatable bonds is 5. The van der Waals surface area contributed by atoms with Gasteiger partial charge in [-0.15, -0.1) is 11.3 Å². The van der Waals surface area contributed by atoms with Gasteiger partial charge < -0.3 is 10.2 Å². The SMILES string of the molecule is CC(C)(C)CC(=O)N1CCCC1C(=O)NCCc1ccc(I)s1. The van der Waals surface area contributed by atoms with Crippen molar-refractivity contribution in [3.63, 3.8) is 0 Å². The van der Waals surface area contributed by atoms with E-state index in [1.54, 1.807) is 16.2 Å². The number of hydrogen-bond acceptors (Lipinski definition) is 3. The molecule has 0 aromatic carbocycles. The number of nitrogens with one attached hydrogen (secondary N) is 1. The van der Waals surface area contributed by atoms with E-state index in [2.05, 4.69) is 60.8 Å². The summed E-state index contributed by atoms with van der Waals surface area (Å²) in [5.74, 6) is 0.0963. The van der Waals surface area contributed by atoms with Crippen LogP contribution in [0.5, 0.6) is 0 Å². The van der Waals surface area contributed by atoms with Crippen molar-refractivity contribution in [1.82, 2.24) is 10.2 Å². The number of carbonyl (C=O) groups excluding carboxylic acids is 2. The van der Waals surface area contributed by atoms with Gasteiger partial charge in [-0.1, -0.05) is 20.8 Å². The first-order valence-corrected chi connectivity index (χ1v) is 9.97. The lowest BCUT2D eigenvalue weighted by Crippen LogP contribution is -2.47. The Kier molecular flexibility index (Phi) is 6.48. The second-order valence-electron chi connectivity index (χ2n) is 7.23. The van der Waals surface area contributed by atoms with Crippen LogP contribution < -0.4 is 5.32 Å². The Balaban J connectivity index is 1.84. The van der Waals surface area contributed by atoms with Crippen molar-refractivity contribution in [2.75, 3.05) is 13.1 Å². The molecule has 0 spiro atoms. The van der Waals surface area contributed by atoms with Gasteiger partial charge in [-0.05, 0) is 59.4 Å². The van der Waals surface area contributed by atoms with Crippen molar-refractivity contribution in [2.24, 2.45) is 5.41 Å². The molecular weight excluding hydrogens is 423 g/mol. The van der Waals surface area contributed by atoms with Gasteiger partial charge in [0.1, 0.15) is 6.04 Å². The van der Waals surface area contributed by atoms with Crippen LogP contribution in [0.25, 0.3) is 0 Å². The molecule has 1 atom stereocenters. The molecule has 23 heavy (non-hydrogen) atoms. The van der Waals surface area contributed by atoms with E-state index in [0.29, 0.717) is 19.5 Å². The number of halogens is 1. The lowest BCUT2D eigenvalue weighted by Gasteiger charge is -2.27. The summed E-state index contributed by atoms with van der Waals surface area (Å²) >= 11 is 4.06. The van der Waals surface area contributed by atoms with Crippen LogP contribution in [-0.2, 0) is 16.0 Å². The predicted molar refractivity (Wildman–Crippen MR) is 103 cm³/mol. The Labute approximate surface area is 156 Å². The van der Waals surface area contributed by atoms with Crippen molar-refractivity contribution in [2.45, 2.75) is 52.5 Å². The molecule has 1 aliphatic rings. The standard InChI is InChI=1S/C17H25IN2O2S/c1-17(2,3)11-15(21)20-10-4-5-13(20)16(22)19-9-8-12-6-7-14(18)23-12/h6-7,13H,4-5,8-11H2,1-3H3,(H,19,22). The van der Waals surface area contributed by atoms with E-state index in [9.17, 15) is 9.59 Å². The smallest absolute Gasteiger partial charge is 0.242 e. The van der Waals surface area contributed by atoms with E-state index >= 15 is 0 Å². The number of carbonyl (C=O) groups is 2. The molecule has 6 heteroatoms. The van der Waals surface area contributed by atoms with Gasteiger partial charge >= 0.3 is 0 Å². The molecule has 1 aliphatic heterocycles. The summed E-state index contributed by atoms with van der Waals surface area (Å²) in [5, 5.41) is 3.00. The van der Waals surface area contributed by atoms with Gasteiger partial charge in [-0.25, -0.2) is 0 Å². The highest BCUT2D eigenvalue weighted by Gasteiger charge is 2.35. The van der Waals surface area contributed by atoms with Crippen LogP contribution in [-0.4, -0.2) is 35.8 Å². The van der Waals surface area contributed by atoms with E-state index in [1.807, 2.05) is 0 Å². The highest BCUT2D eigenvalue weighted by Crippen LogP contribution is 2.25.